The van der Waals surface area contributed by atoms with Crippen LogP contribution in [0, 0.1) is 13.8 Å². The summed E-state index contributed by atoms with van der Waals surface area (Å²) in [7, 11) is 2.03. The first-order valence-electron chi connectivity index (χ1n) is 7.47. The largest absolute Gasteiger partial charge is 0.354 e. The van der Waals surface area contributed by atoms with Gasteiger partial charge in [-0.2, -0.15) is 5.10 Å². The van der Waals surface area contributed by atoms with E-state index in [1.54, 1.807) is 4.68 Å². The minimum absolute atomic E-state index is 0.0401. The third-order valence-electron chi connectivity index (χ3n) is 3.88. The van der Waals surface area contributed by atoms with Crippen molar-refractivity contribution in [1.29, 1.82) is 0 Å². The van der Waals surface area contributed by atoms with Gasteiger partial charge in [0.2, 0.25) is 5.91 Å². The van der Waals surface area contributed by atoms with Gasteiger partial charge < -0.3 is 9.88 Å². The van der Waals surface area contributed by atoms with Crippen molar-refractivity contribution in [3.63, 3.8) is 0 Å². The summed E-state index contributed by atoms with van der Waals surface area (Å²) in [6.07, 6.45) is 3.88. The lowest BCUT2D eigenvalue weighted by molar-refractivity contribution is -0.122. The number of amides is 1. The molecule has 0 unspecified atom stereocenters. The van der Waals surface area contributed by atoms with E-state index in [0.717, 1.165) is 24.2 Å². The first-order chi connectivity index (χ1) is 10.4. The predicted octanol–water partition coefficient (Wildman–Crippen LogP) is 2.63. The lowest BCUT2D eigenvalue weighted by atomic mass is 10.1. The summed E-state index contributed by atoms with van der Waals surface area (Å²) in [5.41, 5.74) is 2.85. The molecule has 5 nitrogen and oxygen atoms in total. The van der Waals surface area contributed by atoms with Gasteiger partial charge >= 0.3 is 0 Å². The molecule has 2 rings (SSSR count). The lowest BCUT2D eigenvalue weighted by Crippen LogP contribution is -2.35. The Labute approximate surface area is 136 Å². The molecule has 0 fully saturated rings. The zero-order valence-corrected chi connectivity index (χ0v) is 14.3. The van der Waals surface area contributed by atoms with Crippen molar-refractivity contribution in [2.45, 2.75) is 46.2 Å². The summed E-state index contributed by atoms with van der Waals surface area (Å²) >= 11 is 6.09. The third kappa shape index (κ3) is 3.91. The summed E-state index contributed by atoms with van der Waals surface area (Å²) in [4.78, 5) is 12.1. The Morgan fingerprint density at radius 1 is 1.45 bits per heavy atom. The topological polar surface area (TPSA) is 51.9 Å². The van der Waals surface area contributed by atoms with Gasteiger partial charge in [-0.15, -0.1) is 0 Å². The zero-order valence-electron chi connectivity index (χ0n) is 13.6. The molecule has 1 N–H and O–H groups in total. The number of aromatic nitrogens is 3. The van der Waals surface area contributed by atoms with Crippen molar-refractivity contribution in [2.75, 3.05) is 0 Å². The van der Waals surface area contributed by atoms with Gasteiger partial charge in [0, 0.05) is 25.0 Å². The maximum Gasteiger partial charge on any atom is 0.241 e. The van der Waals surface area contributed by atoms with Gasteiger partial charge in [0.1, 0.15) is 6.54 Å². The Morgan fingerprint density at radius 2 is 2.18 bits per heavy atom. The quantitative estimate of drug-likeness (QED) is 0.889. The van der Waals surface area contributed by atoms with Crippen LogP contribution in [0.5, 0.6) is 0 Å². The van der Waals surface area contributed by atoms with E-state index in [1.807, 2.05) is 40.1 Å². The van der Waals surface area contributed by atoms with E-state index in [4.69, 9.17) is 11.6 Å². The molecule has 0 aliphatic heterocycles. The molecule has 0 saturated heterocycles. The second-order valence-corrected chi connectivity index (χ2v) is 6.14. The highest BCUT2D eigenvalue weighted by Crippen LogP contribution is 2.18. The first kappa shape index (κ1) is 16.6. The molecule has 2 heterocycles. The second kappa shape index (κ2) is 7.01. The molecule has 0 aromatic carbocycles. The Kier molecular flexibility index (Phi) is 5.29. The van der Waals surface area contributed by atoms with Crippen LogP contribution in [-0.2, 0) is 24.8 Å². The van der Waals surface area contributed by atoms with E-state index in [-0.39, 0.29) is 18.5 Å². The Balaban J connectivity index is 1.83. The number of halogens is 1. The molecule has 2 aromatic rings. The molecule has 1 amide bonds. The smallest absolute Gasteiger partial charge is 0.241 e. The van der Waals surface area contributed by atoms with Crippen LogP contribution in [0.15, 0.2) is 18.3 Å². The number of hydrogen-bond donors (Lipinski definition) is 1. The number of rotatable bonds is 6. The Bertz CT molecular complexity index is 659. The molecule has 0 aliphatic carbocycles. The van der Waals surface area contributed by atoms with Gasteiger partial charge in [0.25, 0.3) is 0 Å². The molecule has 22 heavy (non-hydrogen) atoms. The molecule has 0 saturated carbocycles. The normalized spacial score (nSPS) is 12.4. The van der Waals surface area contributed by atoms with Crippen molar-refractivity contribution < 1.29 is 4.79 Å². The first-order valence-corrected chi connectivity index (χ1v) is 7.85. The predicted molar refractivity (Wildman–Crippen MR) is 88.0 cm³/mol. The summed E-state index contributed by atoms with van der Waals surface area (Å²) < 4.78 is 3.75. The fraction of sp³-hybridized carbons (Fsp3) is 0.500. The molecule has 6 heteroatoms. The SMILES string of the molecule is Cc1nn(CC(=O)N[C@@H](C)CCc2cccn2C)c(C)c1Cl. The summed E-state index contributed by atoms with van der Waals surface area (Å²) in [6.45, 7) is 5.93. The standard InChI is InChI=1S/C16H23ClN4O/c1-11(7-8-14-6-5-9-20(14)4)18-15(22)10-21-13(3)16(17)12(2)19-21/h5-6,9,11H,7-8,10H2,1-4H3,(H,18,22)/t11-/m0/s1. The minimum Gasteiger partial charge on any atom is -0.354 e. The molecule has 0 spiro atoms. The highest BCUT2D eigenvalue weighted by Gasteiger charge is 2.14. The second-order valence-electron chi connectivity index (χ2n) is 5.76. The van der Waals surface area contributed by atoms with Crippen LogP contribution in [-0.4, -0.2) is 26.3 Å². The van der Waals surface area contributed by atoms with Crippen LogP contribution in [0.1, 0.15) is 30.4 Å². The molecule has 120 valence electrons. The van der Waals surface area contributed by atoms with E-state index < -0.39 is 0 Å². The molecule has 2 aromatic heterocycles. The van der Waals surface area contributed by atoms with Gasteiger partial charge in [-0.1, -0.05) is 11.6 Å². The number of carbonyl (C=O) groups is 1. The van der Waals surface area contributed by atoms with Crippen molar-refractivity contribution in [2.24, 2.45) is 7.05 Å². The number of hydrogen-bond acceptors (Lipinski definition) is 2. The summed E-state index contributed by atoms with van der Waals surface area (Å²) in [5, 5.41) is 7.92. The van der Waals surface area contributed by atoms with Crippen LogP contribution in [0.4, 0.5) is 0 Å². The molecule has 0 radical (unpaired) electrons. The highest BCUT2D eigenvalue weighted by atomic mass is 35.5. The Morgan fingerprint density at radius 3 is 2.73 bits per heavy atom. The molecular formula is C16H23ClN4O. The van der Waals surface area contributed by atoms with Crippen LogP contribution in [0.25, 0.3) is 0 Å². The molecule has 1 atom stereocenters. The molecule has 0 aliphatic rings. The van der Waals surface area contributed by atoms with Gasteiger partial charge in [0.15, 0.2) is 0 Å². The van der Waals surface area contributed by atoms with E-state index in [2.05, 4.69) is 21.0 Å². The number of aryl methyl sites for hydroxylation is 3. The van der Waals surface area contributed by atoms with Crippen molar-refractivity contribution in [1.82, 2.24) is 19.7 Å². The summed E-state index contributed by atoms with van der Waals surface area (Å²) in [5.74, 6) is -0.0401. The Hall–Kier alpha value is -1.75. The fourth-order valence-electron chi connectivity index (χ4n) is 2.48. The van der Waals surface area contributed by atoms with E-state index in [0.29, 0.717) is 5.02 Å². The van der Waals surface area contributed by atoms with Crippen LogP contribution in [0.2, 0.25) is 5.02 Å². The number of nitrogens with zero attached hydrogens (tertiary/aromatic N) is 3. The van der Waals surface area contributed by atoms with Crippen molar-refractivity contribution >= 4 is 17.5 Å². The summed E-state index contributed by atoms with van der Waals surface area (Å²) in [6, 6.07) is 4.26. The van der Waals surface area contributed by atoms with Crippen LogP contribution < -0.4 is 5.32 Å². The molecule has 0 bridgehead atoms. The fourth-order valence-corrected chi connectivity index (χ4v) is 2.61. The number of nitrogens with one attached hydrogen (secondary N) is 1. The van der Waals surface area contributed by atoms with E-state index in [1.165, 1.54) is 5.69 Å². The average molecular weight is 323 g/mol. The van der Waals surface area contributed by atoms with Crippen LogP contribution >= 0.6 is 11.6 Å². The minimum atomic E-state index is -0.0401. The van der Waals surface area contributed by atoms with Gasteiger partial charge in [-0.05, 0) is 45.7 Å². The highest BCUT2D eigenvalue weighted by molar-refractivity contribution is 6.31. The van der Waals surface area contributed by atoms with Crippen LogP contribution in [0.3, 0.4) is 0 Å². The zero-order chi connectivity index (χ0) is 16.3. The van der Waals surface area contributed by atoms with Gasteiger partial charge in [-0.3, -0.25) is 9.48 Å². The number of carbonyl (C=O) groups excluding carboxylic acids is 1. The van der Waals surface area contributed by atoms with Crippen molar-refractivity contribution in [3.8, 4) is 0 Å². The van der Waals surface area contributed by atoms with Gasteiger partial charge in [0.05, 0.1) is 16.4 Å². The third-order valence-corrected chi connectivity index (χ3v) is 4.43. The molecular weight excluding hydrogens is 300 g/mol. The van der Waals surface area contributed by atoms with E-state index in [9.17, 15) is 4.79 Å². The average Bonchev–Trinajstić information content (AvgIpc) is 2.96. The lowest BCUT2D eigenvalue weighted by Gasteiger charge is -2.14. The van der Waals surface area contributed by atoms with Gasteiger partial charge in [-0.25, -0.2) is 0 Å². The van der Waals surface area contributed by atoms with E-state index >= 15 is 0 Å². The van der Waals surface area contributed by atoms with Crippen molar-refractivity contribution in [3.05, 3.63) is 40.4 Å². The maximum atomic E-state index is 12.1. The monoisotopic (exact) mass is 322 g/mol. The maximum absolute atomic E-state index is 12.1.